The molecule has 0 unspecified atom stereocenters. The van der Waals surface area contributed by atoms with E-state index < -0.39 is 36.0 Å². The zero-order valence-corrected chi connectivity index (χ0v) is 26.8. The molecule has 232 valence electrons. The van der Waals surface area contributed by atoms with Gasteiger partial charge in [-0.3, -0.25) is 19.2 Å². The molecule has 0 spiro atoms. The van der Waals surface area contributed by atoms with Gasteiger partial charge in [0.2, 0.25) is 5.91 Å². The number of carbonyl (C=O) groups excluding carboxylic acids is 5. The highest BCUT2D eigenvalue weighted by Crippen LogP contribution is 2.20. The van der Waals surface area contributed by atoms with Gasteiger partial charge in [-0.1, -0.05) is 70.4 Å². The van der Waals surface area contributed by atoms with E-state index in [9.17, 15) is 24.0 Å². The van der Waals surface area contributed by atoms with Crippen LogP contribution in [0.2, 0.25) is 0 Å². The van der Waals surface area contributed by atoms with Gasteiger partial charge in [-0.05, 0) is 38.7 Å². The lowest BCUT2D eigenvalue weighted by Crippen LogP contribution is -2.48. The third-order valence-electron chi connectivity index (χ3n) is 6.53. The molecule has 0 saturated carbocycles. The maximum absolute atomic E-state index is 13.2. The van der Waals surface area contributed by atoms with Gasteiger partial charge in [-0.2, -0.15) is 0 Å². The minimum atomic E-state index is -1.02. The van der Waals surface area contributed by atoms with Gasteiger partial charge in [0, 0.05) is 17.6 Å². The number of rotatable bonds is 11. The average molecular weight is 621 g/mol. The number of hydrogen-bond acceptors (Lipinski definition) is 9. The zero-order chi connectivity index (χ0) is 31.1. The smallest absolute Gasteiger partial charge is 0.329 e. The third-order valence-corrected chi connectivity index (χ3v) is 8.52. The van der Waals surface area contributed by atoms with Crippen molar-refractivity contribution in [2.24, 2.45) is 5.92 Å². The van der Waals surface area contributed by atoms with Gasteiger partial charge in [0.1, 0.15) is 28.5 Å². The summed E-state index contributed by atoms with van der Waals surface area (Å²) in [6, 6.07) is -1.51. The lowest BCUT2D eigenvalue weighted by molar-refractivity contribution is -0.153. The average Bonchev–Trinajstić information content (AvgIpc) is 3.44. The van der Waals surface area contributed by atoms with E-state index in [1.54, 1.807) is 45.2 Å². The molecule has 2 rings (SSSR count). The Morgan fingerprint density at radius 2 is 1.88 bits per heavy atom. The fraction of sp³-hybridized carbons (Fsp3) is 0.600. The van der Waals surface area contributed by atoms with Crippen LogP contribution in [-0.4, -0.2) is 51.7 Å². The number of allylic oxidation sites excluding steroid dienone is 2. The fourth-order valence-corrected chi connectivity index (χ4v) is 5.68. The number of thiazole rings is 1. The molecule has 1 aromatic heterocycles. The first-order chi connectivity index (χ1) is 20.0. The van der Waals surface area contributed by atoms with Crippen molar-refractivity contribution in [1.29, 1.82) is 0 Å². The highest BCUT2D eigenvalue weighted by Gasteiger charge is 2.30. The van der Waals surface area contributed by atoms with Crippen molar-refractivity contribution in [3.8, 4) is 0 Å². The minimum Gasteiger partial charge on any atom is -0.456 e. The molecule has 42 heavy (non-hydrogen) atoms. The summed E-state index contributed by atoms with van der Waals surface area (Å²) in [6.45, 7) is 9.02. The molecular weight excluding hydrogens is 576 g/mol. The number of nitrogens with zero attached hydrogens (tertiary/aromatic N) is 1. The second kappa shape index (κ2) is 18.5. The fourth-order valence-electron chi connectivity index (χ4n) is 4.10. The number of unbranched alkanes of at least 4 members (excludes halogenated alkanes) is 4. The largest absolute Gasteiger partial charge is 0.456 e. The molecule has 2 bridgehead atoms. The van der Waals surface area contributed by atoms with Crippen molar-refractivity contribution in [3.63, 3.8) is 0 Å². The Labute approximate surface area is 256 Å². The summed E-state index contributed by atoms with van der Waals surface area (Å²) < 4.78 is 5.72. The molecule has 12 heteroatoms. The van der Waals surface area contributed by atoms with Crippen LogP contribution in [0.3, 0.4) is 0 Å². The first kappa shape index (κ1) is 35.2. The van der Waals surface area contributed by atoms with E-state index in [-0.39, 0.29) is 34.8 Å². The summed E-state index contributed by atoms with van der Waals surface area (Å²) in [7, 11) is 0. The molecule has 0 aromatic carbocycles. The molecule has 3 atom stereocenters. The number of esters is 1. The van der Waals surface area contributed by atoms with Crippen molar-refractivity contribution in [2.45, 2.75) is 104 Å². The number of aromatic nitrogens is 1. The second-order valence-electron chi connectivity index (χ2n) is 10.5. The van der Waals surface area contributed by atoms with Crippen LogP contribution in [0.4, 0.5) is 0 Å². The lowest BCUT2D eigenvalue weighted by Gasteiger charge is -2.24. The Hall–Kier alpha value is -2.99. The van der Waals surface area contributed by atoms with Crippen LogP contribution >= 0.6 is 23.1 Å². The maximum atomic E-state index is 13.2. The summed E-state index contributed by atoms with van der Waals surface area (Å²) in [5.41, 5.74) is 0.0923. The van der Waals surface area contributed by atoms with Crippen molar-refractivity contribution in [3.05, 3.63) is 40.0 Å². The second-order valence-corrected chi connectivity index (χ2v) is 12.5. The topological polar surface area (TPSA) is 144 Å². The molecule has 1 aliphatic rings. The normalized spacial score (nSPS) is 21.8. The summed E-state index contributed by atoms with van der Waals surface area (Å²) in [6.07, 6.45) is 10.5. The number of nitrogens with one attached hydrogen (secondary N) is 3. The molecule has 0 fully saturated rings. The molecule has 2 heterocycles. The van der Waals surface area contributed by atoms with E-state index in [0.717, 1.165) is 19.3 Å². The van der Waals surface area contributed by atoms with E-state index in [2.05, 4.69) is 27.9 Å². The van der Waals surface area contributed by atoms with Gasteiger partial charge < -0.3 is 20.7 Å². The first-order valence-electron chi connectivity index (χ1n) is 14.6. The molecule has 1 aliphatic heterocycles. The van der Waals surface area contributed by atoms with E-state index in [0.29, 0.717) is 23.6 Å². The highest BCUT2D eigenvalue weighted by atomic mass is 32.2. The van der Waals surface area contributed by atoms with Crippen LogP contribution in [-0.2, 0) is 23.9 Å². The number of carbonyl (C=O) groups is 5. The summed E-state index contributed by atoms with van der Waals surface area (Å²) >= 11 is 2.50. The number of ether oxygens (including phenoxy) is 1. The summed E-state index contributed by atoms with van der Waals surface area (Å²) in [5, 5.41) is 10.3. The van der Waals surface area contributed by atoms with Crippen molar-refractivity contribution >= 4 is 51.9 Å². The van der Waals surface area contributed by atoms with E-state index in [1.165, 1.54) is 42.0 Å². The van der Waals surface area contributed by atoms with E-state index in [1.807, 2.05) is 0 Å². The lowest BCUT2D eigenvalue weighted by atomic mass is 10.0. The van der Waals surface area contributed by atoms with Crippen molar-refractivity contribution < 1.29 is 28.7 Å². The van der Waals surface area contributed by atoms with E-state index >= 15 is 0 Å². The molecule has 0 saturated heterocycles. The van der Waals surface area contributed by atoms with Gasteiger partial charge in [-0.25, -0.2) is 9.78 Å². The van der Waals surface area contributed by atoms with Crippen molar-refractivity contribution in [2.75, 3.05) is 5.75 Å². The van der Waals surface area contributed by atoms with Crippen LogP contribution in [0.25, 0.3) is 0 Å². The Morgan fingerprint density at radius 3 is 2.57 bits per heavy atom. The van der Waals surface area contributed by atoms with Gasteiger partial charge in [0.25, 0.3) is 11.8 Å². The molecule has 3 N–H and O–H groups in total. The molecule has 0 radical (unpaired) electrons. The first-order valence-corrected chi connectivity index (χ1v) is 16.5. The molecule has 10 nitrogen and oxygen atoms in total. The molecule has 3 amide bonds. The van der Waals surface area contributed by atoms with Crippen LogP contribution in [0.5, 0.6) is 0 Å². The Kier molecular flexibility index (Phi) is 15.5. The van der Waals surface area contributed by atoms with Crippen LogP contribution in [0.1, 0.15) is 108 Å². The number of cyclic esters (lactones) is 1. The predicted octanol–water partition coefficient (Wildman–Crippen LogP) is 4.98. The molecule has 0 aliphatic carbocycles. The Bertz CT molecular complexity index is 1150. The number of fused-ring (bicyclic) bond motifs is 2. The predicted molar refractivity (Wildman–Crippen MR) is 166 cm³/mol. The SMILES string of the molecule is C/C=C1\NC(=O)c2csc(n2)[C@H](C)NC(=O)C[C@@H](/C=C/CCSC(=O)CCCCCCC)OC(=O)[C@H](C(C)C)NC1=O. The maximum Gasteiger partial charge on any atom is 0.329 e. The minimum absolute atomic E-state index is 0.0223. The Morgan fingerprint density at radius 1 is 1.14 bits per heavy atom. The van der Waals surface area contributed by atoms with Crippen LogP contribution in [0.15, 0.2) is 29.3 Å². The number of amides is 3. The third kappa shape index (κ3) is 12.1. The van der Waals surface area contributed by atoms with Crippen LogP contribution < -0.4 is 16.0 Å². The zero-order valence-electron chi connectivity index (χ0n) is 25.2. The number of hydrogen-bond donors (Lipinski definition) is 3. The van der Waals surface area contributed by atoms with E-state index in [4.69, 9.17) is 4.74 Å². The van der Waals surface area contributed by atoms with Crippen LogP contribution in [0, 0.1) is 5.92 Å². The standard InChI is InChI=1S/C30H44N4O6S2/c1-6-8-9-10-11-15-25(36)41-16-13-12-14-21-17-24(35)31-20(5)29-33-23(18-42-29)28(38)32-22(7-2)27(37)34-26(19(3)4)30(39)40-21/h7,12,14,18-21,26H,6,8-11,13,15-17H2,1-5H3,(H,31,35)(H,32,38)(H,34,37)/b14-12+,22-7-/t20-,21+,26-/m0/s1. The quantitative estimate of drug-likeness (QED) is 0.136. The monoisotopic (exact) mass is 620 g/mol. The van der Waals surface area contributed by atoms with Gasteiger partial charge in [0.05, 0.1) is 12.5 Å². The van der Waals surface area contributed by atoms with Gasteiger partial charge in [-0.15, -0.1) is 11.3 Å². The summed E-state index contributed by atoms with van der Waals surface area (Å²) in [5.74, 6) is -2.03. The van der Waals surface area contributed by atoms with Crippen molar-refractivity contribution in [1.82, 2.24) is 20.9 Å². The Balaban J connectivity index is 2.14. The van der Waals surface area contributed by atoms with Gasteiger partial charge >= 0.3 is 5.97 Å². The highest BCUT2D eigenvalue weighted by molar-refractivity contribution is 8.13. The molecular formula is C30H44N4O6S2. The van der Waals surface area contributed by atoms with Gasteiger partial charge in [0.15, 0.2) is 5.12 Å². The number of thioether (sulfide) groups is 1. The molecule has 1 aromatic rings. The summed E-state index contributed by atoms with van der Waals surface area (Å²) in [4.78, 5) is 68.3.